The van der Waals surface area contributed by atoms with Crippen LogP contribution in [-0.4, -0.2) is 94.4 Å². The summed E-state index contributed by atoms with van der Waals surface area (Å²) >= 11 is 1.44. The maximum atomic E-state index is 9.31. The molecule has 0 atom stereocenters. The van der Waals surface area contributed by atoms with E-state index in [0.29, 0.717) is 0 Å². The molecule has 0 rings (SSSR count). The maximum Gasteiger partial charge on any atom is 2.00 e. The van der Waals surface area contributed by atoms with Gasteiger partial charge in [0.05, 0.1) is 0 Å². The van der Waals surface area contributed by atoms with Crippen molar-refractivity contribution in [1.82, 2.24) is 0 Å². The van der Waals surface area contributed by atoms with Gasteiger partial charge in [0.25, 0.3) is 0 Å². The molecule has 22 valence electrons. The summed E-state index contributed by atoms with van der Waals surface area (Å²) in [5, 5.41) is 0. The van der Waals surface area contributed by atoms with Crippen LogP contribution in [0.5, 0.6) is 0 Å². The standard InChI is InChI=1S/Ba.BrF.Sr.4H/c;1-2;;;;;/q+2;;+2;4*-1. The Morgan fingerprint density at radius 1 is 1.50 bits per heavy atom. The van der Waals surface area contributed by atoms with Crippen molar-refractivity contribution in [3.05, 3.63) is 0 Å². The van der Waals surface area contributed by atoms with E-state index in [9.17, 15) is 3.56 Å². The SMILES string of the molecule is FBr.[Ba+2].[H-].[H-].[H-].[H-].[Sr+2]. The minimum atomic E-state index is 0. The monoisotopic (exact) mass is 328 g/mol. The van der Waals surface area contributed by atoms with E-state index in [0.717, 1.165) is 0 Å². The van der Waals surface area contributed by atoms with Crippen LogP contribution in [0.3, 0.4) is 0 Å². The van der Waals surface area contributed by atoms with Crippen LogP contribution in [-0.2, 0) is 0 Å². The predicted octanol–water partition coefficient (Wildman–Crippen LogP) is 0.954. The number of hydrogen-bond acceptors (Lipinski definition) is 0. The van der Waals surface area contributed by atoms with Crippen LogP contribution in [0.4, 0.5) is 3.56 Å². The van der Waals surface area contributed by atoms with Gasteiger partial charge >= 0.3 is 94.4 Å². The van der Waals surface area contributed by atoms with E-state index in [1.54, 1.807) is 0 Å². The smallest absolute Gasteiger partial charge is 1.00 e. The summed E-state index contributed by atoms with van der Waals surface area (Å²) < 4.78 is 9.31. The molecule has 0 aromatic carbocycles. The summed E-state index contributed by atoms with van der Waals surface area (Å²) in [4.78, 5) is 0. The topological polar surface area (TPSA) is 0 Å². The first kappa shape index (κ1) is 15.7. The molecule has 4 heavy (non-hydrogen) atoms. The average molecular weight is 328 g/mol. The Balaban J connectivity index is -0.000000000333. The Bertz CT molecular complexity index is 16.0. The van der Waals surface area contributed by atoms with E-state index in [1.165, 1.54) is 16.4 Å². The molecule has 0 aliphatic rings. The third kappa shape index (κ3) is 9.07. The van der Waals surface area contributed by atoms with Gasteiger partial charge < -0.3 is 5.71 Å². The molecular formula is H4BaBrFSr. The number of rotatable bonds is 0. The van der Waals surface area contributed by atoms with E-state index >= 15 is 0 Å². The van der Waals surface area contributed by atoms with Crippen molar-refractivity contribution in [3.8, 4) is 0 Å². The molecule has 0 radical (unpaired) electrons. The quantitative estimate of drug-likeness (QED) is 0.581. The Morgan fingerprint density at radius 2 is 1.50 bits per heavy atom. The summed E-state index contributed by atoms with van der Waals surface area (Å²) in [6.45, 7) is 0. The van der Waals surface area contributed by atoms with Crippen LogP contribution in [0.15, 0.2) is 0 Å². The van der Waals surface area contributed by atoms with Crippen molar-refractivity contribution in [1.29, 1.82) is 0 Å². The molecule has 0 fully saturated rings. The summed E-state index contributed by atoms with van der Waals surface area (Å²) in [5.41, 5.74) is 0. The van der Waals surface area contributed by atoms with Gasteiger partial charge in [0.15, 0.2) is 16.4 Å². The Labute approximate surface area is 117 Å². The van der Waals surface area contributed by atoms with E-state index in [4.69, 9.17) is 0 Å². The molecule has 0 aromatic rings. The molecule has 0 nitrogen and oxygen atoms in total. The first-order valence-corrected chi connectivity index (χ1v) is 0.742. The van der Waals surface area contributed by atoms with Crippen molar-refractivity contribution in [2.24, 2.45) is 0 Å². The van der Waals surface area contributed by atoms with Gasteiger partial charge in [-0.15, -0.1) is 0 Å². The molecule has 0 aromatic heterocycles. The maximum absolute atomic E-state index is 9.31. The second-order valence-corrected chi connectivity index (χ2v) is 0. The van der Waals surface area contributed by atoms with Gasteiger partial charge in [-0.05, 0) is 0 Å². The number of hydrogen-bond donors (Lipinski definition) is 0. The van der Waals surface area contributed by atoms with Gasteiger partial charge in [-0.1, -0.05) is 0 Å². The molecule has 0 bridgehead atoms. The summed E-state index contributed by atoms with van der Waals surface area (Å²) in [6, 6.07) is 0. The molecule has 0 aliphatic carbocycles. The molecule has 0 N–H and O–H groups in total. The first-order chi connectivity index (χ1) is 1.00. The predicted molar refractivity (Wildman–Crippen MR) is 26.0 cm³/mol. The van der Waals surface area contributed by atoms with Gasteiger partial charge in [-0.25, -0.2) is 0 Å². The van der Waals surface area contributed by atoms with E-state index in [-0.39, 0.29) is 100 Å². The molecule has 0 amide bonds. The van der Waals surface area contributed by atoms with Gasteiger partial charge in [0.2, 0.25) is 0 Å². The van der Waals surface area contributed by atoms with Crippen LogP contribution >= 0.6 is 16.4 Å². The Kier molecular flexibility index (Phi) is 62.9. The molecule has 0 saturated heterocycles. The largest absolute Gasteiger partial charge is 2.00 e. The van der Waals surface area contributed by atoms with Gasteiger partial charge in [-0.3, -0.25) is 0 Å². The zero-order valence-electron chi connectivity index (χ0n) is 6.17. The second kappa shape index (κ2) is 16.1. The average Bonchev–Trinajstić information content (AvgIpc) is 1.00. The second-order valence-electron chi connectivity index (χ2n) is 0. The molecule has 0 aliphatic heterocycles. The summed E-state index contributed by atoms with van der Waals surface area (Å²) in [7, 11) is 0. The zero-order chi connectivity index (χ0) is 2.00. The fraction of sp³-hybridized carbons (Fsp3) is 0. The molecule has 0 unspecified atom stereocenters. The minimum absolute atomic E-state index is 0. The number of halogens is 2. The van der Waals surface area contributed by atoms with E-state index < -0.39 is 0 Å². The fourth-order valence-electron chi connectivity index (χ4n) is 0. The van der Waals surface area contributed by atoms with Gasteiger partial charge in [-0.2, -0.15) is 3.56 Å². The van der Waals surface area contributed by atoms with Crippen molar-refractivity contribution in [2.45, 2.75) is 0 Å². The van der Waals surface area contributed by atoms with Crippen LogP contribution in [0.1, 0.15) is 5.71 Å². The van der Waals surface area contributed by atoms with Crippen molar-refractivity contribution in [3.63, 3.8) is 0 Å². The van der Waals surface area contributed by atoms with Crippen LogP contribution < -0.4 is 0 Å². The van der Waals surface area contributed by atoms with Crippen molar-refractivity contribution in [2.75, 3.05) is 0 Å². The van der Waals surface area contributed by atoms with Crippen LogP contribution in [0, 0.1) is 0 Å². The Morgan fingerprint density at radius 3 is 1.50 bits per heavy atom. The van der Waals surface area contributed by atoms with Crippen LogP contribution in [0.2, 0.25) is 0 Å². The normalized spacial score (nSPS) is 1.50. The first-order valence-electron chi connectivity index (χ1n) is 0.143. The molecule has 0 saturated carbocycles. The van der Waals surface area contributed by atoms with Crippen LogP contribution in [0.25, 0.3) is 0 Å². The summed E-state index contributed by atoms with van der Waals surface area (Å²) in [5.74, 6) is 0. The molecule has 4 heteroatoms. The van der Waals surface area contributed by atoms with Crippen molar-refractivity contribution < 1.29 is 9.27 Å². The van der Waals surface area contributed by atoms with Gasteiger partial charge in [0.1, 0.15) is 0 Å². The minimum Gasteiger partial charge on any atom is -1.00 e. The van der Waals surface area contributed by atoms with E-state index in [1.807, 2.05) is 0 Å². The summed E-state index contributed by atoms with van der Waals surface area (Å²) in [6.07, 6.45) is 0. The molecule has 0 heterocycles. The molecule has 0 spiro atoms. The van der Waals surface area contributed by atoms with Gasteiger partial charge in [0, 0.05) is 0 Å². The van der Waals surface area contributed by atoms with E-state index in [2.05, 4.69) is 0 Å². The molecular weight excluding hydrogens is 324 g/mol. The third-order valence-electron chi connectivity index (χ3n) is 0. The fourth-order valence-corrected chi connectivity index (χ4v) is 0. The van der Waals surface area contributed by atoms with Crippen molar-refractivity contribution >= 4 is 111 Å². The zero-order valence-corrected chi connectivity index (χ0v) is 11.7. The Hall–Kier alpha value is 3.46. The third-order valence-corrected chi connectivity index (χ3v) is 0.